The van der Waals surface area contributed by atoms with E-state index in [9.17, 15) is 9.90 Å². The maximum Gasteiger partial charge on any atom is 0.244 e. The van der Waals surface area contributed by atoms with Crippen molar-refractivity contribution in [1.29, 1.82) is 0 Å². The summed E-state index contributed by atoms with van der Waals surface area (Å²) >= 11 is 0. The third-order valence-corrected chi connectivity index (χ3v) is 3.27. The van der Waals surface area contributed by atoms with Gasteiger partial charge in [-0.15, -0.1) is 0 Å². The summed E-state index contributed by atoms with van der Waals surface area (Å²) in [4.78, 5) is 15.8. The van der Waals surface area contributed by atoms with E-state index < -0.39 is 12.1 Å². The second-order valence-corrected chi connectivity index (χ2v) is 4.52. The van der Waals surface area contributed by atoms with Crippen molar-refractivity contribution in [2.45, 2.75) is 50.8 Å². The van der Waals surface area contributed by atoms with Crippen molar-refractivity contribution in [1.82, 2.24) is 20.1 Å². The van der Waals surface area contributed by atoms with Crippen molar-refractivity contribution in [3.8, 4) is 0 Å². The average molecular weight is 238 g/mol. The molecule has 0 spiro atoms. The van der Waals surface area contributed by atoms with Crippen LogP contribution < -0.4 is 5.32 Å². The average Bonchev–Trinajstić information content (AvgIpc) is 2.84. The predicted octanol–water partition coefficient (Wildman–Crippen LogP) is 0.259. The van der Waals surface area contributed by atoms with Crippen LogP contribution in [0.4, 0.5) is 0 Å². The first kappa shape index (κ1) is 12.0. The van der Waals surface area contributed by atoms with Gasteiger partial charge in [0.05, 0.1) is 12.1 Å². The number of hydrogen-bond donors (Lipinski definition) is 2. The van der Waals surface area contributed by atoms with Crippen molar-refractivity contribution in [2.75, 3.05) is 0 Å². The first-order valence-electron chi connectivity index (χ1n) is 6.01. The molecule has 2 rings (SSSR count). The number of nitrogens with one attached hydrogen (secondary N) is 1. The number of amides is 1. The van der Waals surface area contributed by atoms with Crippen molar-refractivity contribution < 1.29 is 9.90 Å². The number of carbonyl (C=O) groups is 1. The van der Waals surface area contributed by atoms with Gasteiger partial charge in [0, 0.05) is 0 Å². The maximum absolute atomic E-state index is 11.9. The summed E-state index contributed by atoms with van der Waals surface area (Å²) in [6.45, 7) is 1.76. The topological polar surface area (TPSA) is 80.0 Å². The molecular formula is C11H18N4O2. The Morgan fingerprint density at radius 3 is 2.94 bits per heavy atom. The van der Waals surface area contributed by atoms with Crippen LogP contribution in [-0.4, -0.2) is 37.9 Å². The minimum atomic E-state index is -0.421. The highest BCUT2D eigenvalue weighted by molar-refractivity contribution is 5.80. The van der Waals surface area contributed by atoms with Gasteiger partial charge in [0.15, 0.2) is 0 Å². The van der Waals surface area contributed by atoms with Crippen LogP contribution in [0.5, 0.6) is 0 Å². The summed E-state index contributed by atoms with van der Waals surface area (Å²) in [6, 6.07) is -0.520. The number of aliphatic hydroxyl groups excluding tert-OH is 1. The monoisotopic (exact) mass is 238 g/mol. The van der Waals surface area contributed by atoms with Gasteiger partial charge in [-0.05, 0) is 19.8 Å². The number of aromatic nitrogens is 3. The molecule has 6 heteroatoms. The lowest BCUT2D eigenvalue weighted by Crippen LogP contribution is -2.47. The Bertz CT molecular complexity index is 366. The van der Waals surface area contributed by atoms with Gasteiger partial charge in [-0.25, -0.2) is 9.67 Å². The molecule has 3 atom stereocenters. The highest BCUT2D eigenvalue weighted by Crippen LogP contribution is 2.19. The highest BCUT2D eigenvalue weighted by atomic mass is 16.3. The molecule has 0 saturated heterocycles. The standard InChI is InChI=1S/C11H18N4O2/c1-8(15-7-12-6-13-15)11(17)14-9-4-2-3-5-10(9)16/h6-10,16H,2-5H2,1H3,(H,14,17)/t8?,9-,10-/m0/s1. The molecule has 1 aromatic heterocycles. The van der Waals surface area contributed by atoms with Crippen LogP contribution in [0, 0.1) is 0 Å². The molecule has 1 saturated carbocycles. The summed E-state index contributed by atoms with van der Waals surface area (Å²) in [5.41, 5.74) is 0. The summed E-state index contributed by atoms with van der Waals surface area (Å²) < 4.78 is 1.50. The van der Waals surface area contributed by atoms with E-state index in [2.05, 4.69) is 15.4 Å². The lowest BCUT2D eigenvalue weighted by molar-refractivity contribution is -0.126. The summed E-state index contributed by atoms with van der Waals surface area (Å²) in [7, 11) is 0. The van der Waals surface area contributed by atoms with Crippen LogP contribution in [0.2, 0.25) is 0 Å². The van der Waals surface area contributed by atoms with E-state index in [4.69, 9.17) is 0 Å². The van der Waals surface area contributed by atoms with Crippen LogP contribution >= 0.6 is 0 Å². The SMILES string of the molecule is CC(C(=O)N[C@H]1CCCC[C@@H]1O)n1cncn1. The Labute approximate surface area is 100 Å². The molecule has 17 heavy (non-hydrogen) atoms. The summed E-state index contributed by atoms with van der Waals surface area (Å²) in [5.74, 6) is -0.124. The van der Waals surface area contributed by atoms with Gasteiger partial charge in [-0.1, -0.05) is 12.8 Å². The number of aliphatic hydroxyl groups is 1. The highest BCUT2D eigenvalue weighted by Gasteiger charge is 2.26. The second kappa shape index (κ2) is 5.27. The Morgan fingerprint density at radius 2 is 2.29 bits per heavy atom. The Balaban J connectivity index is 1.92. The van der Waals surface area contributed by atoms with E-state index in [0.29, 0.717) is 0 Å². The van der Waals surface area contributed by atoms with Crippen LogP contribution in [0.1, 0.15) is 38.6 Å². The number of carbonyl (C=O) groups excluding carboxylic acids is 1. The smallest absolute Gasteiger partial charge is 0.244 e. The van der Waals surface area contributed by atoms with Gasteiger partial charge < -0.3 is 10.4 Å². The van der Waals surface area contributed by atoms with Crippen LogP contribution in [0.15, 0.2) is 12.7 Å². The Hall–Kier alpha value is -1.43. The molecule has 1 aliphatic rings. The largest absolute Gasteiger partial charge is 0.391 e. The van der Waals surface area contributed by atoms with Crippen LogP contribution in [0.25, 0.3) is 0 Å². The number of hydrogen-bond acceptors (Lipinski definition) is 4. The first-order chi connectivity index (χ1) is 8.18. The fraction of sp³-hybridized carbons (Fsp3) is 0.727. The molecule has 1 unspecified atom stereocenters. The molecular weight excluding hydrogens is 220 g/mol. The van der Waals surface area contributed by atoms with Crippen molar-refractivity contribution in [3.63, 3.8) is 0 Å². The van der Waals surface area contributed by atoms with Crippen molar-refractivity contribution in [2.24, 2.45) is 0 Å². The van der Waals surface area contributed by atoms with Gasteiger partial charge in [0.2, 0.25) is 5.91 Å². The zero-order valence-electron chi connectivity index (χ0n) is 9.91. The zero-order chi connectivity index (χ0) is 12.3. The fourth-order valence-corrected chi connectivity index (χ4v) is 2.12. The van der Waals surface area contributed by atoms with Gasteiger partial charge >= 0.3 is 0 Å². The van der Waals surface area contributed by atoms with Gasteiger partial charge in [0.25, 0.3) is 0 Å². The lowest BCUT2D eigenvalue weighted by Gasteiger charge is -2.29. The Kier molecular flexibility index (Phi) is 3.73. The minimum absolute atomic E-state index is 0.123. The van der Waals surface area contributed by atoms with Crippen molar-refractivity contribution >= 4 is 5.91 Å². The third kappa shape index (κ3) is 2.82. The molecule has 1 heterocycles. The molecule has 0 aliphatic heterocycles. The first-order valence-corrected chi connectivity index (χ1v) is 6.01. The maximum atomic E-state index is 11.9. The molecule has 0 radical (unpaired) electrons. The predicted molar refractivity (Wildman–Crippen MR) is 61.1 cm³/mol. The molecule has 1 aliphatic carbocycles. The number of nitrogens with zero attached hydrogens (tertiary/aromatic N) is 3. The normalized spacial score (nSPS) is 26.5. The fourth-order valence-electron chi connectivity index (χ4n) is 2.12. The van der Waals surface area contributed by atoms with Crippen LogP contribution in [0.3, 0.4) is 0 Å². The lowest BCUT2D eigenvalue weighted by atomic mass is 9.92. The third-order valence-electron chi connectivity index (χ3n) is 3.27. The molecule has 2 N–H and O–H groups in total. The molecule has 0 bridgehead atoms. The second-order valence-electron chi connectivity index (χ2n) is 4.52. The van der Waals surface area contributed by atoms with E-state index in [-0.39, 0.29) is 11.9 Å². The van der Waals surface area contributed by atoms with Gasteiger partial charge in [0.1, 0.15) is 18.7 Å². The quantitative estimate of drug-likeness (QED) is 0.791. The summed E-state index contributed by atoms with van der Waals surface area (Å²) in [6.07, 6.45) is 6.20. The molecule has 0 aromatic carbocycles. The molecule has 94 valence electrons. The van der Waals surface area contributed by atoms with Crippen LogP contribution in [-0.2, 0) is 4.79 Å². The molecule has 6 nitrogen and oxygen atoms in total. The number of rotatable bonds is 3. The zero-order valence-corrected chi connectivity index (χ0v) is 9.91. The Morgan fingerprint density at radius 1 is 1.53 bits per heavy atom. The van der Waals surface area contributed by atoms with Crippen molar-refractivity contribution in [3.05, 3.63) is 12.7 Å². The molecule has 1 aromatic rings. The minimum Gasteiger partial charge on any atom is -0.391 e. The molecule has 1 amide bonds. The molecule has 1 fully saturated rings. The van der Waals surface area contributed by atoms with E-state index >= 15 is 0 Å². The van der Waals surface area contributed by atoms with Gasteiger partial charge in [-0.2, -0.15) is 5.10 Å². The van der Waals surface area contributed by atoms with Gasteiger partial charge in [-0.3, -0.25) is 4.79 Å². The summed E-state index contributed by atoms with van der Waals surface area (Å²) in [5, 5.41) is 16.6. The van der Waals surface area contributed by atoms with E-state index in [1.807, 2.05) is 0 Å². The van der Waals surface area contributed by atoms with E-state index in [0.717, 1.165) is 25.7 Å². The van der Waals surface area contributed by atoms with E-state index in [1.165, 1.54) is 17.3 Å². The van der Waals surface area contributed by atoms with E-state index in [1.54, 1.807) is 6.92 Å².